The number of ether oxygens (including phenoxy) is 2. The molecule has 0 unspecified atom stereocenters. The molecule has 0 aliphatic carbocycles. The fourth-order valence-corrected chi connectivity index (χ4v) is 6.62. The Hall–Kier alpha value is -3.76. The summed E-state index contributed by atoms with van der Waals surface area (Å²) < 4.78 is 13.1. The van der Waals surface area contributed by atoms with Crippen molar-refractivity contribution in [2.24, 2.45) is 5.92 Å². The van der Waals surface area contributed by atoms with Gasteiger partial charge >= 0.3 is 11.9 Å². The van der Waals surface area contributed by atoms with E-state index in [1.807, 2.05) is 36.4 Å². The molecule has 1 atom stereocenters. The van der Waals surface area contributed by atoms with E-state index in [0.29, 0.717) is 9.75 Å². The Morgan fingerprint density at radius 1 is 0.750 bits per heavy atom. The molecule has 2 N–H and O–H groups in total. The fraction of sp³-hybridized carbons (Fsp3) is 0.333. The summed E-state index contributed by atoms with van der Waals surface area (Å²) in [6.45, 7) is 1.53. The van der Waals surface area contributed by atoms with Gasteiger partial charge in [-0.1, -0.05) is 6.92 Å². The van der Waals surface area contributed by atoms with E-state index < -0.39 is 17.9 Å². The molecule has 0 bridgehead atoms. The van der Waals surface area contributed by atoms with Gasteiger partial charge in [0.2, 0.25) is 0 Å². The molecule has 8 nitrogen and oxygen atoms in total. The first-order valence-corrected chi connectivity index (χ1v) is 14.4. The molecular weight excluding hydrogens is 552 g/mol. The van der Waals surface area contributed by atoms with Crippen molar-refractivity contribution in [1.82, 2.24) is 0 Å². The van der Waals surface area contributed by atoms with Crippen LogP contribution in [-0.4, -0.2) is 47.9 Å². The van der Waals surface area contributed by atoms with Gasteiger partial charge in [0, 0.05) is 22.2 Å². The summed E-state index contributed by atoms with van der Waals surface area (Å²) in [6.07, 6.45) is 1.98. The summed E-state index contributed by atoms with van der Waals surface area (Å²) in [6, 6.07) is 11.5. The Balaban J connectivity index is 1.49. The lowest BCUT2D eigenvalue weighted by molar-refractivity contribution is -0.141. The third kappa shape index (κ3) is 6.68. The Morgan fingerprint density at radius 2 is 1.25 bits per heavy atom. The molecule has 10 heteroatoms. The lowest BCUT2D eigenvalue weighted by Crippen LogP contribution is -2.13. The summed E-state index contributed by atoms with van der Waals surface area (Å²) in [5.74, 6) is -1.61. The van der Waals surface area contributed by atoms with Crippen molar-refractivity contribution < 1.29 is 38.9 Å². The molecule has 2 aromatic carbocycles. The number of fused-ring (bicyclic) bond motifs is 2. The maximum Gasteiger partial charge on any atom is 0.306 e. The standard InChI is InChI=1S/C30H30O8S2/c1-16(30(35)36)9-22(32)28-13-20-11-18(24(38-3)15-26(20)40-28)6-4-5-17-10-19-12-27(21(31)7-8-29(33)34)39-25(19)14-23(17)37-2/h10-16H,4-9H2,1-3H3,(H,33,34)(H,35,36)/t16-/m0/s1. The Labute approximate surface area is 239 Å². The first-order chi connectivity index (χ1) is 19.1. The molecule has 0 amide bonds. The number of aliphatic carboxylic acids is 2. The SMILES string of the molecule is COc1cc2sc(C(=O)CCC(=O)O)cc2cc1CCCc1cc2cc(C(=O)C[C@H](C)C(=O)O)sc2cc1OC. The highest BCUT2D eigenvalue weighted by atomic mass is 32.1. The lowest BCUT2D eigenvalue weighted by Gasteiger charge is -2.11. The van der Waals surface area contributed by atoms with Crippen molar-refractivity contribution in [1.29, 1.82) is 0 Å². The highest BCUT2D eigenvalue weighted by Crippen LogP contribution is 2.36. The van der Waals surface area contributed by atoms with E-state index in [2.05, 4.69) is 0 Å². The highest BCUT2D eigenvalue weighted by molar-refractivity contribution is 7.21. The van der Waals surface area contributed by atoms with Gasteiger partial charge < -0.3 is 19.7 Å². The Morgan fingerprint density at radius 3 is 1.70 bits per heavy atom. The molecule has 0 saturated heterocycles. The number of methoxy groups -OCH3 is 2. The zero-order valence-corrected chi connectivity index (χ0v) is 24.1. The summed E-state index contributed by atoms with van der Waals surface area (Å²) >= 11 is 2.68. The Kier molecular flexibility index (Phi) is 9.21. The van der Waals surface area contributed by atoms with Crippen LogP contribution in [0.3, 0.4) is 0 Å². The minimum absolute atomic E-state index is 0.0282. The molecule has 0 radical (unpaired) electrons. The van der Waals surface area contributed by atoms with Gasteiger partial charge in [0.25, 0.3) is 0 Å². The molecule has 210 valence electrons. The topological polar surface area (TPSA) is 127 Å². The van der Waals surface area contributed by atoms with Gasteiger partial charge in [-0.25, -0.2) is 0 Å². The van der Waals surface area contributed by atoms with E-state index in [9.17, 15) is 19.2 Å². The molecular formula is C30H30O8S2. The van der Waals surface area contributed by atoms with Gasteiger partial charge in [-0.3, -0.25) is 19.2 Å². The monoisotopic (exact) mass is 582 g/mol. The summed E-state index contributed by atoms with van der Waals surface area (Å²) in [5, 5.41) is 19.8. The molecule has 4 rings (SSSR count). The fourth-order valence-electron chi connectivity index (χ4n) is 4.56. The van der Waals surface area contributed by atoms with Gasteiger partial charge in [-0.15, -0.1) is 22.7 Å². The molecule has 40 heavy (non-hydrogen) atoms. The molecule has 4 aromatic rings. The van der Waals surface area contributed by atoms with Crippen molar-refractivity contribution in [2.45, 2.75) is 45.4 Å². The van der Waals surface area contributed by atoms with Crippen LogP contribution in [0, 0.1) is 5.92 Å². The summed E-state index contributed by atoms with van der Waals surface area (Å²) in [5.41, 5.74) is 2.01. The molecule has 0 saturated carbocycles. The molecule has 0 aliphatic heterocycles. The van der Waals surface area contributed by atoms with Crippen LogP contribution in [-0.2, 0) is 22.4 Å². The molecule has 2 aromatic heterocycles. The largest absolute Gasteiger partial charge is 0.496 e. The maximum atomic E-state index is 12.6. The number of carbonyl (C=O) groups excluding carboxylic acids is 2. The molecule has 0 spiro atoms. The second-order valence-electron chi connectivity index (χ2n) is 9.66. The number of thiophene rings is 2. The maximum absolute atomic E-state index is 12.6. The number of carbonyl (C=O) groups is 4. The number of hydrogen-bond acceptors (Lipinski definition) is 8. The van der Waals surface area contributed by atoms with Crippen LogP contribution in [0.2, 0.25) is 0 Å². The first kappa shape index (κ1) is 29.2. The van der Waals surface area contributed by atoms with Crippen LogP contribution in [0.4, 0.5) is 0 Å². The average Bonchev–Trinajstić information content (AvgIpc) is 3.54. The van der Waals surface area contributed by atoms with E-state index in [0.717, 1.165) is 62.1 Å². The zero-order chi connectivity index (χ0) is 29.0. The van der Waals surface area contributed by atoms with Crippen LogP contribution in [0.25, 0.3) is 20.2 Å². The summed E-state index contributed by atoms with van der Waals surface area (Å²) in [7, 11) is 3.22. The summed E-state index contributed by atoms with van der Waals surface area (Å²) in [4.78, 5) is 48.1. The predicted octanol–water partition coefficient (Wildman–Crippen LogP) is 6.65. The highest BCUT2D eigenvalue weighted by Gasteiger charge is 2.20. The minimum atomic E-state index is -0.993. The zero-order valence-electron chi connectivity index (χ0n) is 22.4. The van der Waals surface area contributed by atoms with Gasteiger partial charge in [0.15, 0.2) is 11.6 Å². The van der Waals surface area contributed by atoms with E-state index in [1.165, 1.54) is 29.6 Å². The molecule has 2 heterocycles. The quantitative estimate of drug-likeness (QED) is 0.158. The Bertz CT molecular complexity index is 1600. The van der Waals surface area contributed by atoms with Crippen LogP contribution in [0.5, 0.6) is 11.5 Å². The number of aryl methyl sites for hydroxylation is 2. The lowest BCUT2D eigenvalue weighted by atomic mass is 10.0. The number of carboxylic acids is 2. The van der Waals surface area contributed by atoms with Gasteiger partial charge in [-0.2, -0.15) is 0 Å². The van der Waals surface area contributed by atoms with Crippen molar-refractivity contribution in [3.8, 4) is 11.5 Å². The van der Waals surface area contributed by atoms with E-state index >= 15 is 0 Å². The minimum Gasteiger partial charge on any atom is -0.496 e. The predicted molar refractivity (Wildman–Crippen MR) is 156 cm³/mol. The third-order valence-electron chi connectivity index (χ3n) is 6.76. The van der Waals surface area contributed by atoms with E-state index in [-0.39, 0.29) is 30.8 Å². The van der Waals surface area contributed by atoms with E-state index in [1.54, 1.807) is 14.2 Å². The number of carboxylic acid groups (broad SMARTS) is 2. The molecule has 0 fully saturated rings. The number of Topliss-reactive ketones (excluding diaryl/α,β-unsaturated/α-hetero) is 2. The third-order valence-corrected chi connectivity index (χ3v) is 9.04. The van der Waals surface area contributed by atoms with Crippen molar-refractivity contribution in [3.63, 3.8) is 0 Å². The van der Waals surface area contributed by atoms with Gasteiger partial charge in [-0.05, 0) is 77.6 Å². The first-order valence-electron chi connectivity index (χ1n) is 12.8. The van der Waals surface area contributed by atoms with Crippen molar-refractivity contribution in [2.75, 3.05) is 14.2 Å². The second-order valence-corrected chi connectivity index (χ2v) is 11.8. The van der Waals surface area contributed by atoms with Crippen LogP contribution < -0.4 is 9.47 Å². The average molecular weight is 583 g/mol. The van der Waals surface area contributed by atoms with Crippen LogP contribution in [0.1, 0.15) is 63.1 Å². The number of benzene rings is 2. The van der Waals surface area contributed by atoms with Crippen LogP contribution >= 0.6 is 22.7 Å². The smallest absolute Gasteiger partial charge is 0.306 e. The number of ketones is 2. The van der Waals surface area contributed by atoms with Crippen molar-refractivity contribution in [3.05, 3.63) is 57.3 Å². The normalized spacial score (nSPS) is 12.0. The van der Waals surface area contributed by atoms with E-state index in [4.69, 9.17) is 19.7 Å². The van der Waals surface area contributed by atoms with Crippen molar-refractivity contribution >= 4 is 66.4 Å². The van der Waals surface area contributed by atoms with Gasteiger partial charge in [0.05, 0.1) is 36.3 Å². The van der Waals surface area contributed by atoms with Crippen LogP contribution in [0.15, 0.2) is 36.4 Å². The van der Waals surface area contributed by atoms with Gasteiger partial charge in [0.1, 0.15) is 11.5 Å². The number of hydrogen-bond donors (Lipinski definition) is 2. The molecule has 0 aliphatic rings. The number of rotatable bonds is 14. The second kappa shape index (κ2) is 12.6.